The highest BCUT2D eigenvalue weighted by atomic mass is 16.1. The maximum absolute atomic E-state index is 12.0. The summed E-state index contributed by atoms with van der Waals surface area (Å²) >= 11 is 0. The molecule has 0 radical (unpaired) electrons. The largest absolute Gasteiger partial charge is 0.299 e. The van der Waals surface area contributed by atoms with Gasteiger partial charge in [-0.15, -0.1) is 0 Å². The Labute approximate surface area is 94.6 Å². The molecule has 0 bridgehead atoms. The molecule has 15 heavy (non-hydrogen) atoms. The standard InChI is InChI=1S/C14H26O/c1-5-10(2)8-14(15)13-7-6-11(3)12(4)9-13/h10-13H,5-9H2,1-4H3. The van der Waals surface area contributed by atoms with Crippen molar-refractivity contribution in [3.8, 4) is 0 Å². The van der Waals surface area contributed by atoms with Gasteiger partial charge < -0.3 is 0 Å². The summed E-state index contributed by atoms with van der Waals surface area (Å²) in [6.45, 7) is 8.98. The molecule has 88 valence electrons. The molecule has 1 saturated carbocycles. The zero-order valence-corrected chi connectivity index (χ0v) is 10.8. The lowest BCUT2D eigenvalue weighted by molar-refractivity contribution is -0.125. The van der Waals surface area contributed by atoms with Crippen molar-refractivity contribution in [2.24, 2.45) is 23.7 Å². The molecule has 0 aromatic carbocycles. The fourth-order valence-electron chi connectivity index (χ4n) is 2.49. The molecular weight excluding hydrogens is 184 g/mol. The van der Waals surface area contributed by atoms with Gasteiger partial charge in [0, 0.05) is 12.3 Å². The number of carbonyl (C=O) groups excluding carboxylic acids is 1. The first-order chi connectivity index (χ1) is 7.04. The van der Waals surface area contributed by atoms with Crippen LogP contribution >= 0.6 is 0 Å². The van der Waals surface area contributed by atoms with Gasteiger partial charge in [-0.05, 0) is 37.0 Å². The highest BCUT2D eigenvalue weighted by molar-refractivity contribution is 5.81. The molecule has 0 spiro atoms. The summed E-state index contributed by atoms with van der Waals surface area (Å²) in [5, 5.41) is 0. The Bertz CT molecular complexity index is 209. The van der Waals surface area contributed by atoms with Crippen LogP contribution in [0.3, 0.4) is 0 Å². The van der Waals surface area contributed by atoms with Crippen LogP contribution in [0.4, 0.5) is 0 Å². The maximum atomic E-state index is 12.0. The van der Waals surface area contributed by atoms with Gasteiger partial charge in [-0.25, -0.2) is 0 Å². The van der Waals surface area contributed by atoms with Crippen molar-refractivity contribution < 1.29 is 4.79 Å². The average Bonchev–Trinajstić information content (AvgIpc) is 2.21. The van der Waals surface area contributed by atoms with Crippen LogP contribution in [0.5, 0.6) is 0 Å². The lowest BCUT2D eigenvalue weighted by atomic mass is 9.73. The number of carbonyl (C=O) groups is 1. The SMILES string of the molecule is CCC(C)CC(=O)C1CCC(C)C(C)C1. The van der Waals surface area contributed by atoms with Crippen LogP contribution in [0, 0.1) is 23.7 Å². The molecule has 4 atom stereocenters. The van der Waals surface area contributed by atoms with Crippen LogP contribution in [0.15, 0.2) is 0 Å². The van der Waals surface area contributed by atoms with E-state index in [1.165, 1.54) is 6.42 Å². The van der Waals surface area contributed by atoms with Gasteiger partial charge in [0.05, 0.1) is 0 Å². The number of hydrogen-bond donors (Lipinski definition) is 0. The van der Waals surface area contributed by atoms with E-state index in [0.717, 1.165) is 37.5 Å². The number of hydrogen-bond acceptors (Lipinski definition) is 1. The van der Waals surface area contributed by atoms with Crippen LogP contribution in [-0.4, -0.2) is 5.78 Å². The van der Waals surface area contributed by atoms with E-state index in [0.29, 0.717) is 17.6 Å². The molecule has 1 fully saturated rings. The molecule has 0 amide bonds. The van der Waals surface area contributed by atoms with E-state index in [1.807, 2.05) is 0 Å². The smallest absolute Gasteiger partial charge is 0.136 e. The highest BCUT2D eigenvalue weighted by Gasteiger charge is 2.29. The molecule has 0 aliphatic heterocycles. The first kappa shape index (κ1) is 12.7. The van der Waals surface area contributed by atoms with E-state index in [4.69, 9.17) is 0 Å². The van der Waals surface area contributed by atoms with Crippen molar-refractivity contribution in [3.63, 3.8) is 0 Å². The van der Waals surface area contributed by atoms with Crippen LogP contribution in [-0.2, 0) is 4.79 Å². The zero-order chi connectivity index (χ0) is 11.4. The van der Waals surface area contributed by atoms with E-state index >= 15 is 0 Å². The monoisotopic (exact) mass is 210 g/mol. The highest BCUT2D eigenvalue weighted by Crippen LogP contribution is 2.34. The molecule has 1 aliphatic rings. The summed E-state index contributed by atoms with van der Waals surface area (Å²) < 4.78 is 0. The van der Waals surface area contributed by atoms with E-state index in [1.54, 1.807) is 0 Å². The van der Waals surface area contributed by atoms with Gasteiger partial charge in [0.2, 0.25) is 0 Å². The van der Waals surface area contributed by atoms with Gasteiger partial charge in [-0.2, -0.15) is 0 Å². The normalized spacial score (nSPS) is 33.7. The topological polar surface area (TPSA) is 17.1 Å². The third-order valence-corrected chi connectivity index (χ3v) is 4.30. The van der Waals surface area contributed by atoms with Gasteiger partial charge in [-0.1, -0.05) is 34.1 Å². The predicted molar refractivity (Wildman–Crippen MR) is 64.7 cm³/mol. The summed E-state index contributed by atoms with van der Waals surface area (Å²) in [4.78, 5) is 12.0. The van der Waals surface area contributed by atoms with Crippen molar-refractivity contribution in [1.29, 1.82) is 0 Å². The van der Waals surface area contributed by atoms with E-state index in [9.17, 15) is 4.79 Å². The number of Topliss-reactive ketones (excluding diaryl/α,β-unsaturated/α-hetero) is 1. The van der Waals surface area contributed by atoms with Gasteiger partial charge in [-0.3, -0.25) is 4.79 Å². The van der Waals surface area contributed by atoms with Crippen LogP contribution < -0.4 is 0 Å². The van der Waals surface area contributed by atoms with Gasteiger partial charge in [0.1, 0.15) is 5.78 Å². The zero-order valence-electron chi connectivity index (χ0n) is 10.8. The number of ketones is 1. The maximum Gasteiger partial charge on any atom is 0.136 e. The molecule has 1 rings (SSSR count). The van der Waals surface area contributed by atoms with Crippen molar-refractivity contribution >= 4 is 5.78 Å². The Balaban J connectivity index is 2.40. The Morgan fingerprint density at radius 3 is 2.47 bits per heavy atom. The molecule has 0 N–H and O–H groups in total. The molecule has 0 aromatic heterocycles. The van der Waals surface area contributed by atoms with E-state index in [-0.39, 0.29) is 0 Å². The molecule has 0 heterocycles. The molecule has 1 aliphatic carbocycles. The molecule has 0 aromatic rings. The second-order valence-electron chi connectivity index (χ2n) is 5.65. The van der Waals surface area contributed by atoms with E-state index < -0.39 is 0 Å². The molecular formula is C14H26O. The fourth-order valence-corrected chi connectivity index (χ4v) is 2.49. The lowest BCUT2D eigenvalue weighted by Gasteiger charge is -2.31. The van der Waals surface area contributed by atoms with Crippen LogP contribution in [0.1, 0.15) is 59.8 Å². The Morgan fingerprint density at radius 1 is 1.27 bits per heavy atom. The summed E-state index contributed by atoms with van der Waals surface area (Å²) in [5.41, 5.74) is 0. The predicted octanol–water partition coefficient (Wildman–Crippen LogP) is 4.06. The van der Waals surface area contributed by atoms with Crippen molar-refractivity contribution in [1.82, 2.24) is 0 Å². The minimum atomic E-state index is 0.380. The quantitative estimate of drug-likeness (QED) is 0.683. The average molecular weight is 210 g/mol. The van der Waals surface area contributed by atoms with Gasteiger partial charge in [0.15, 0.2) is 0 Å². The third-order valence-electron chi connectivity index (χ3n) is 4.30. The Kier molecular flexibility index (Phi) is 4.82. The van der Waals surface area contributed by atoms with Crippen LogP contribution in [0.2, 0.25) is 0 Å². The Morgan fingerprint density at radius 2 is 1.93 bits per heavy atom. The van der Waals surface area contributed by atoms with Crippen LogP contribution in [0.25, 0.3) is 0 Å². The number of rotatable bonds is 4. The molecule has 1 nitrogen and oxygen atoms in total. The van der Waals surface area contributed by atoms with Gasteiger partial charge >= 0.3 is 0 Å². The Hall–Kier alpha value is -0.330. The fraction of sp³-hybridized carbons (Fsp3) is 0.929. The first-order valence-electron chi connectivity index (χ1n) is 6.57. The summed E-state index contributed by atoms with van der Waals surface area (Å²) in [6, 6.07) is 0. The minimum absolute atomic E-state index is 0.380. The molecule has 1 heteroatoms. The molecule has 4 unspecified atom stereocenters. The second kappa shape index (κ2) is 5.67. The first-order valence-corrected chi connectivity index (χ1v) is 6.57. The molecule has 0 saturated heterocycles. The van der Waals surface area contributed by atoms with Gasteiger partial charge in [0.25, 0.3) is 0 Å². The summed E-state index contributed by atoms with van der Waals surface area (Å²) in [6.07, 6.45) is 5.46. The van der Waals surface area contributed by atoms with Crippen molar-refractivity contribution in [3.05, 3.63) is 0 Å². The third kappa shape index (κ3) is 3.62. The second-order valence-corrected chi connectivity index (χ2v) is 5.65. The van der Waals surface area contributed by atoms with Crippen molar-refractivity contribution in [2.75, 3.05) is 0 Å². The minimum Gasteiger partial charge on any atom is -0.299 e. The van der Waals surface area contributed by atoms with E-state index in [2.05, 4.69) is 27.7 Å². The van der Waals surface area contributed by atoms with Crippen molar-refractivity contribution in [2.45, 2.75) is 59.8 Å². The summed E-state index contributed by atoms with van der Waals surface area (Å²) in [5.74, 6) is 3.04. The lowest BCUT2D eigenvalue weighted by Crippen LogP contribution is -2.27. The summed E-state index contributed by atoms with van der Waals surface area (Å²) in [7, 11) is 0.